The molecular weight excluding hydrogens is 496 g/mol. The Morgan fingerprint density at radius 1 is 1.24 bits per heavy atom. The van der Waals surface area contributed by atoms with Crippen molar-refractivity contribution in [1.82, 2.24) is 14.8 Å². The van der Waals surface area contributed by atoms with E-state index in [-0.39, 0.29) is 18.3 Å². The van der Waals surface area contributed by atoms with Crippen LogP contribution in [0.25, 0.3) is 0 Å². The predicted octanol–water partition coefficient (Wildman–Crippen LogP) is 5.07. The molecular formula is C23H27ClN4O4S2. The summed E-state index contributed by atoms with van der Waals surface area (Å²) in [5.74, 6) is 1.11. The van der Waals surface area contributed by atoms with Crippen molar-refractivity contribution in [1.29, 1.82) is 0 Å². The summed E-state index contributed by atoms with van der Waals surface area (Å²) >= 11 is 8.61. The SMILES string of the molecule is CCOC(=O)c1cc(C)sc1NC(=O)CSc1nnc(CCCOc2ccc(Cl)cc2C)n1C. The normalized spacial score (nSPS) is 10.9. The number of nitrogens with one attached hydrogen (secondary N) is 1. The molecule has 8 nitrogen and oxygen atoms in total. The largest absolute Gasteiger partial charge is 0.493 e. The molecule has 1 aromatic carbocycles. The molecule has 0 radical (unpaired) electrons. The average Bonchev–Trinajstić information content (AvgIpc) is 3.33. The molecule has 3 rings (SSSR count). The van der Waals surface area contributed by atoms with Gasteiger partial charge in [-0.25, -0.2) is 4.79 Å². The Hall–Kier alpha value is -2.56. The summed E-state index contributed by atoms with van der Waals surface area (Å²) in [5, 5.41) is 13.1. The number of carbonyl (C=O) groups is 2. The first-order valence-electron chi connectivity index (χ1n) is 10.8. The molecule has 0 unspecified atom stereocenters. The van der Waals surface area contributed by atoms with Gasteiger partial charge in [0.25, 0.3) is 0 Å². The number of anilines is 1. The van der Waals surface area contributed by atoms with Crippen LogP contribution in [-0.4, -0.2) is 45.6 Å². The first kappa shape index (κ1) is 26.1. The number of thiophene rings is 1. The van der Waals surface area contributed by atoms with Gasteiger partial charge in [0.05, 0.1) is 24.5 Å². The second-order valence-electron chi connectivity index (χ2n) is 7.48. The lowest BCUT2D eigenvalue weighted by Gasteiger charge is -2.09. The molecule has 0 aliphatic rings. The third kappa shape index (κ3) is 6.97. The molecule has 0 saturated carbocycles. The van der Waals surface area contributed by atoms with E-state index < -0.39 is 5.97 Å². The summed E-state index contributed by atoms with van der Waals surface area (Å²) in [5.41, 5.74) is 1.37. The molecule has 2 aromatic heterocycles. The second kappa shape index (κ2) is 12.2. The molecule has 0 saturated heterocycles. The maximum Gasteiger partial charge on any atom is 0.341 e. The molecule has 11 heteroatoms. The minimum absolute atomic E-state index is 0.143. The smallest absolute Gasteiger partial charge is 0.341 e. The van der Waals surface area contributed by atoms with E-state index in [1.807, 2.05) is 43.7 Å². The lowest BCUT2D eigenvalue weighted by atomic mass is 10.2. The number of amides is 1. The molecule has 2 heterocycles. The Kier molecular flexibility index (Phi) is 9.37. The highest BCUT2D eigenvalue weighted by Gasteiger charge is 2.19. The summed E-state index contributed by atoms with van der Waals surface area (Å²) in [6.07, 6.45) is 1.47. The van der Waals surface area contributed by atoms with Gasteiger partial charge in [-0.2, -0.15) is 0 Å². The van der Waals surface area contributed by atoms with Crippen LogP contribution in [-0.2, 0) is 23.0 Å². The number of nitrogens with zero attached hydrogens (tertiary/aromatic N) is 3. The minimum Gasteiger partial charge on any atom is -0.493 e. The standard InChI is InChI=1S/C23H27ClN4O4S2/c1-5-31-22(30)17-12-15(3)34-21(17)25-20(29)13-33-23-27-26-19(28(23)4)7-6-10-32-18-9-8-16(24)11-14(18)2/h8-9,11-12H,5-7,10,13H2,1-4H3,(H,25,29). The van der Waals surface area contributed by atoms with Crippen molar-refractivity contribution >= 4 is 51.6 Å². The Balaban J connectivity index is 1.48. The van der Waals surface area contributed by atoms with Crippen LogP contribution in [0.4, 0.5) is 5.00 Å². The number of halogens is 1. The van der Waals surface area contributed by atoms with Gasteiger partial charge in [0, 0.05) is 23.4 Å². The molecule has 0 aliphatic carbocycles. The lowest BCUT2D eigenvalue weighted by molar-refractivity contribution is -0.113. The molecule has 34 heavy (non-hydrogen) atoms. The van der Waals surface area contributed by atoms with E-state index >= 15 is 0 Å². The number of aryl methyl sites for hydroxylation is 3. The van der Waals surface area contributed by atoms with Crippen LogP contribution in [0.5, 0.6) is 5.75 Å². The fourth-order valence-corrected chi connectivity index (χ4v) is 5.01. The third-order valence-electron chi connectivity index (χ3n) is 4.80. The quantitative estimate of drug-likeness (QED) is 0.213. The molecule has 182 valence electrons. The Morgan fingerprint density at radius 3 is 2.76 bits per heavy atom. The van der Waals surface area contributed by atoms with Gasteiger partial charge < -0.3 is 19.4 Å². The van der Waals surface area contributed by atoms with Gasteiger partial charge in [-0.05, 0) is 57.0 Å². The number of rotatable bonds is 11. The van der Waals surface area contributed by atoms with Crippen molar-refractivity contribution in [3.05, 3.63) is 51.1 Å². The third-order valence-corrected chi connectivity index (χ3v) is 7.02. The minimum atomic E-state index is -0.442. The van der Waals surface area contributed by atoms with Gasteiger partial charge in [-0.3, -0.25) is 4.79 Å². The Morgan fingerprint density at radius 2 is 2.03 bits per heavy atom. The second-order valence-corrected chi connectivity index (χ2v) is 10.1. The number of hydrogen-bond acceptors (Lipinski definition) is 8. The topological polar surface area (TPSA) is 95.3 Å². The summed E-state index contributed by atoms with van der Waals surface area (Å²) in [7, 11) is 1.88. The van der Waals surface area contributed by atoms with Crippen molar-refractivity contribution in [3.63, 3.8) is 0 Å². The molecule has 0 bridgehead atoms. The van der Waals surface area contributed by atoms with E-state index in [4.69, 9.17) is 21.1 Å². The van der Waals surface area contributed by atoms with Crippen molar-refractivity contribution in [2.45, 2.75) is 38.8 Å². The van der Waals surface area contributed by atoms with Crippen LogP contribution < -0.4 is 10.1 Å². The summed E-state index contributed by atoms with van der Waals surface area (Å²) in [6, 6.07) is 7.27. The van der Waals surface area contributed by atoms with Gasteiger partial charge >= 0.3 is 5.97 Å². The van der Waals surface area contributed by atoms with Gasteiger partial charge in [0.2, 0.25) is 5.91 Å². The number of aromatic nitrogens is 3. The average molecular weight is 523 g/mol. The number of esters is 1. The van der Waals surface area contributed by atoms with E-state index in [0.717, 1.165) is 28.4 Å². The van der Waals surface area contributed by atoms with E-state index in [9.17, 15) is 9.59 Å². The zero-order valence-electron chi connectivity index (χ0n) is 19.5. The predicted molar refractivity (Wildman–Crippen MR) is 135 cm³/mol. The van der Waals surface area contributed by atoms with Gasteiger partial charge in [-0.1, -0.05) is 23.4 Å². The van der Waals surface area contributed by atoms with Crippen molar-refractivity contribution in [3.8, 4) is 5.75 Å². The maximum atomic E-state index is 12.5. The van der Waals surface area contributed by atoms with Crippen LogP contribution in [0.15, 0.2) is 29.4 Å². The highest BCUT2D eigenvalue weighted by Crippen LogP contribution is 2.29. The van der Waals surface area contributed by atoms with Crippen molar-refractivity contribution in [2.24, 2.45) is 7.05 Å². The molecule has 0 fully saturated rings. The first-order chi connectivity index (χ1) is 16.3. The monoisotopic (exact) mass is 522 g/mol. The number of hydrogen-bond donors (Lipinski definition) is 1. The highest BCUT2D eigenvalue weighted by molar-refractivity contribution is 7.99. The number of carbonyl (C=O) groups excluding carboxylic acids is 2. The van der Waals surface area contributed by atoms with Crippen molar-refractivity contribution in [2.75, 3.05) is 24.3 Å². The molecule has 1 amide bonds. The van der Waals surface area contributed by atoms with E-state index in [1.165, 1.54) is 23.1 Å². The number of benzene rings is 1. The van der Waals surface area contributed by atoms with Crippen LogP contribution in [0, 0.1) is 13.8 Å². The van der Waals surface area contributed by atoms with Crippen LogP contribution >= 0.6 is 34.7 Å². The lowest BCUT2D eigenvalue weighted by Crippen LogP contribution is -2.16. The Bertz CT molecular complexity index is 1160. The van der Waals surface area contributed by atoms with Crippen molar-refractivity contribution < 1.29 is 19.1 Å². The molecule has 1 N–H and O–H groups in total. The summed E-state index contributed by atoms with van der Waals surface area (Å²) < 4.78 is 12.8. The number of ether oxygens (including phenoxy) is 2. The maximum absolute atomic E-state index is 12.5. The molecule has 3 aromatic rings. The zero-order chi connectivity index (χ0) is 24.7. The Labute approximate surface area is 212 Å². The van der Waals surface area contributed by atoms with Crippen LogP contribution in [0.2, 0.25) is 5.02 Å². The zero-order valence-corrected chi connectivity index (χ0v) is 21.9. The fraction of sp³-hybridized carbons (Fsp3) is 0.391. The van der Waals surface area contributed by atoms with Gasteiger partial charge in [0.1, 0.15) is 16.6 Å². The van der Waals surface area contributed by atoms with Gasteiger partial charge in [0.15, 0.2) is 5.16 Å². The molecule has 0 spiro atoms. The van der Waals surface area contributed by atoms with Crippen LogP contribution in [0.3, 0.4) is 0 Å². The summed E-state index contributed by atoms with van der Waals surface area (Å²) in [4.78, 5) is 25.5. The number of thioether (sulfide) groups is 1. The fourth-order valence-electron chi connectivity index (χ4n) is 3.14. The molecule has 0 aliphatic heterocycles. The van der Waals surface area contributed by atoms with E-state index in [1.54, 1.807) is 13.0 Å². The van der Waals surface area contributed by atoms with Crippen LogP contribution in [0.1, 0.15) is 40.0 Å². The van der Waals surface area contributed by atoms with E-state index in [0.29, 0.717) is 33.8 Å². The highest BCUT2D eigenvalue weighted by atomic mass is 35.5. The summed E-state index contributed by atoms with van der Waals surface area (Å²) in [6.45, 7) is 6.40. The molecule has 0 atom stereocenters. The van der Waals surface area contributed by atoms with E-state index in [2.05, 4.69) is 15.5 Å². The first-order valence-corrected chi connectivity index (χ1v) is 12.9. The van der Waals surface area contributed by atoms with Gasteiger partial charge in [-0.15, -0.1) is 21.5 Å².